The highest BCUT2D eigenvalue weighted by atomic mass is 16.5. The van der Waals surface area contributed by atoms with Gasteiger partial charge in [-0.1, -0.05) is 12.1 Å². The lowest BCUT2D eigenvalue weighted by Gasteiger charge is -2.10. The van der Waals surface area contributed by atoms with Gasteiger partial charge in [0.2, 0.25) is 0 Å². The topological polar surface area (TPSA) is 48.1 Å². The monoisotopic (exact) mass is 240 g/mol. The fourth-order valence-corrected chi connectivity index (χ4v) is 1.69. The average Bonchev–Trinajstić information content (AvgIpc) is 2.39. The lowest BCUT2D eigenvalue weighted by molar-refractivity contribution is 0.299. The number of hydrogen-bond donors (Lipinski definition) is 1. The van der Waals surface area contributed by atoms with Gasteiger partial charge in [0.05, 0.1) is 5.69 Å². The van der Waals surface area contributed by atoms with Gasteiger partial charge in [0.15, 0.2) is 0 Å². The lowest BCUT2D eigenvalue weighted by atomic mass is 10.1. The first-order chi connectivity index (χ1) is 8.79. The number of aromatic nitrogens is 1. The van der Waals surface area contributed by atoms with Crippen molar-refractivity contribution >= 4 is 5.69 Å². The normalized spacial score (nSPS) is 10.0. The van der Waals surface area contributed by atoms with Crippen LogP contribution < -0.4 is 10.5 Å². The third-order valence-corrected chi connectivity index (χ3v) is 2.55. The van der Waals surface area contributed by atoms with Crippen molar-refractivity contribution in [2.45, 2.75) is 13.0 Å². The molecular formula is C15H16N2O. The number of allylic oxidation sites excluding steroid dienone is 1. The zero-order chi connectivity index (χ0) is 12.8. The number of rotatable bonds is 5. The maximum absolute atomic E-state index is 5.76. The second-order valence-electron chi connectivity index (χ2n) is 3.97. The van der Waals surface area contributed by atoms with Crippen LogP contribution in [0.4, 0.5) is 5.69 Å². The predicted octanol–water partition coefficient (Wildman–Crippen LogP) is 2.97. The van der Waals surface area contributed by atoms with Gasteiger partial charge in [-0.25, -0.2) is 0 Å². The van der Waals surface area contributed by atoms with Crippen LogP contribution in [0.15, 0.2) is 55.3 Å². The number of anilines is 1. The molecule has 1 heterocycles. The highest BCUT2D eigenvalue weighted by Gasteiger charge is 2.03. The summed E-state index contributed by atoms with van der Waals surface area (Å²) < 4.78 is 5.76. The molecule has 0 aliphatic rings. The molecule has 18 heavy (non-hydrogen) atoms. The highest BCUT2D eigenvalue weighted by molar-refractivity contribution is 5.48. The Labute approximate surface area is 107 Å². The van der Waals surface area contributed by atoms with Gasteiger partial charge in [-0.3, -0.25) is 4.98 Å². The SMILES string of the molecule is C=CCc1cc(N)ccc1OCc1ccccn1. The van der Waals surface area contributed by atoms with Crippen LogP contribution >= 0.6 is 0 Å². The molecule has 0 aliphatic heterocycles. The summed E-state index contributed by atoms with van der Waals surface area (Å²) in [5.41, 5.74) is 8.44. The van der Waals surface area contributed by atoms with Crippen LogP contribution in [0.3, 0.4) is 0 Å². The molecule has 3 heteroatoms. The van der Waals surface area contributed by atoms with Crippen molar-refractivity contribution in [3.63, 3.8) is 0 Å². The van der Waals surface area contributed by atoms with Crippen LogP contribution in [0, 0.1) is 0 Å². The molecule has 0 fully saturated rings. The van der Waals surface area contributed by atoms with Gasteiger partial charge in [0.25, 0.3) is 0 Å². The number of nitrogens with zero attached hydrogens (tertiary/aromatic N) is 1. The van der Waals surface area contributed by atoms with E-state index >= 15 is 0 Å². The summed E-state index contributed by atoms with van der Waals surface area (Å²) in [5.74, 6) is 0.828. The van der Waals surface area contributed by atoms with Gasteiger partial charge in [-0.2, -0.15) is 0 Å². The third kappa shape index (κ3) is 3.10. The minimum atomic E-state index is 0.453. The largest absolute Gasteiger partial charge is 0.487 e. The summed E-state index contributed by atoms with van der Waals surface area (Å²) in [4.78, 5) is 4.22. The Hall–Kier alpha value is -2.29. The summed E-state index contributed by atoms with van der Waals surface area (Å²) in [5, 5.41) is 0. The van der Waals surface area contributed by atoms with Crippen molar-refractivity contribution in [1.29, 1.82) is 0 Å². The fraction of sp³-hybridized carbons (Fsp3) is 0.133. The molecule has 0 unspecified atom stereocenters. The average molecular weight is 240 g/mol. The van der Waals surface area contributed by atoms with E-state index in [1.807, 2.05) is 42.5 Å². The summed E-state index contributed by atoms with van der Waals surface area (Å²) in [6.07, 6.45) is 4.33. The van der Waals surface area contributed by atoms with E-state index in [0.717, 1.165) is 29.1 Å². The van der Waals surface area contributed by atoms with Gasteiger partial charge in [0, 0.05) is 11.9 Å². The van der Waals surface area contributed by atoms with E-state index < -0.39 is 0 Å². The van der Waals surface area contributed by atoms with Crippen LogP contribution in [-0.4, -0.2) is 4.98 Å². The smallest absolute Gasteiger partial charge is 0.130 e. The Bertz CT molecular complexity index is 523. The van der Waals surface area contributed by atoms with E-state index in [1.54, 1.807) is 6.20 Å². The van der Waals surface area contributed by atoms with Crippen LogP contribution in [0.1, 0.15) is 11.3 Å². The van der Waals surface area contributed by atoms with Crippen molar-refractivity contribution in [1.82, 2.24) is 4.98 Å². The zero-order valence-electron chi connectivity index (χ0n) is 10.2. The summed E-state index contributed by atoms with van der Waals surface area (Å²) in [6.45, 7) is 4.19. The van der Waals surface area contributed by atoms with Crippen molar-refractivity contribution in [2.24, 2.45) is 0 Å². The summed E-state index contributed by atoms with van der Waals surface area (Å²) in [7, 11) is 0. The molecule has 0 atom stereocenters. The molecule has 0 spiro atoms. The second-order valence-corrected chi connectivity index (χ2v) is 3.97. The van der Waals surface area contributed by atoms with E-state index in [1.165, 1.54) is 0 Å². The molecular weight excluding hydrogens is 224 g/mol. The van der Waals surface area contributed by atoms with E-state index in [-0.39, 0.29) is 0 Å². The van der Waals surface area contributed by atoms with Gasteiger partial charge >= 0.3 is 0 Å². The Morgan fingerprint density at radius 3 is 2.89 bits per heavy atom. The first kappa shape index (κ1) is 12.2. The standard InChI is InChI=1S/C15H16N2O/c1-2-5-12-10-13(16)7-8-15(12)18-11-14-6-3-4-9-17-14/h2-4,6-10H,1,5,11,16H2. The number of hydrogen-bond acceptors (Lipinski definition) is 3. The molecule has 0 amide bonds. The maximum atomic E-state index is 5.76. The van der Waals surface area contributed by atoms with Crippen molar-refractivity contribution < 1.29 is 4.74 Å². The van der Waals surface area contributed by atoms with E-state index in [2.05, 4.69) is 11.6 Å². The Balaban J connectivity index is 2.11. The Kier molecular flexibility index (Phi) is 3.97. The molecule has 1 aromatic carbocycles. The third-order valence-electron chi connectivity index (χ3n) is 2.55. The molecule has 0 saturated carbocycles. The summed E-state index contributed by atoms with van der Waals surface area (Å²) in [6, 6.07) is 11.4. The van der Waals surface area contributed by atoms with Crippen LogP contribution in [0.5, 0.6) is 5.75 Å². The molecule has 0 saturated heterocycles. The molecule has 3 nitrogen and oxygen atoms in total. The predicted molar refractivity (Wildman–Crippen MR) is 73.3 cm³/mol. The van der Waals surface area contributed by atoms with E-state index in [4.69, 9.17) is 10.5 Å². The summed E-state index contributed by atoms with van der Waals surface area (Å²) >= 11 is 0. The highest BCUT2D eigenvalue weighted by Crippen LogP contribution is 2.23. The minimum absolute atomic E-state index is 0.453. The Morgan fingerprint density at radius 2 is 2.17 bits per heavy atom. The lowest BCUT2D eigenvalue weighted by Crippen LogP contribution is -2.00. The molecule has 0 aliphatic carbocycles. The van der Waals surface area contributed by atoms with Crippen molar-refractivity contribution in [3.8, 4) is 5.75 Å². The first-order valence-corrected chi connectivity index (χ1v) is 5.81. The number of pyridine rings is 1. The number of benzene rings is 1. The van der Waals surface area contributed by atoms with Crippen molar-refractivity contribution in [2.75, 3.05) is 5.73 Å². The molecule has 92 valence electrons. The van der Waals surface area contributed by atoms with Crippen LogP contribution in [-0.2, 0) is 13.0 Å². The maximum Gasteiger partial charge on any atom is 0.130 e. The molecule has 1 aromatic heterocycles. The zero-order valence-corrected chi connectivity index (χ0v) is 10.2. The molecule has 2 aromatic rings. The molecule has 2 rings (SSSR count). The number of ether oxygens (including phenoxy) is 1. The van der Waals surface area contributed by atoms with E-state index in [0.29, 0.717) is 6.61 Å². The molecule has 0 bridgehead atoms. The van der Waals surface area contributed by atoms with Gasteiger partial charge in [-0.05, 0) is 42.3 Å². The molecule has 2 N–H and O–H groups in total. The Morgan fingerprint density at radius 1 is 1.28 bits per heavy atom. The quantitative estimate of drug-likeness (QED) is 0.645. The van der Waals surface area contributed by atoms with Crippen LogP contribution in [0.2, 0.25) is 0 Å². The minimum Gasteiger partial charge on any atom is -0.487 e. The second kappa shape index (κ2) is 5.87. The number of nitrogen functional groups attached to an aromatic ring is 1. The van der Waals surface area contributed by atoms with Crippen LogP contribution in [0.25, 0.3) is 0 Å². The van der Waals surface area contributed by atoms with Crippen molar-refractivity contribution in [3.05, 3.63) is 66.5 Å². The van der Waals surface area contributed by atoms with Gasteiger partial charge in [0.1, 0.15) is 12.4 Å². The van der Waals surface area contributed by atoms with E-state index in [9.17, 15) is 0 Å². The number of nitrogens with two attached hydrogens (primary N) is 1. The van der Waals surface area contributed by atoms with Gasteiger partial charge in [-0.15, -0.1) is 6.58 Å². The van der Waals surface area contributed by atoms with Gasteiger partial charge < -0.3 is 10.5 Å². The fourth-order valence-electron chi connectivity index (χ4n) is 1.69. The molecule has 0 radical (unpaired) electrons. The first-order valence-electron chi connectivity index (χ1n) is 5.81.